The minimum absolute atomic E-state index is 0.0514. The van der Waals surface area contributed by atoms with Crippen LogP contribution in [0.3, 0.4) is 0 Å². The van der Waals surface area contributed by atoms with Crippen molar-refractivity contribution in [3.05, 3.63) is 47.5 Å². The molecule has 110 valence electrons. The molecule has 1 aliphatic carbocycles. The van der Waals surface area contributed by atoms with E-state index in [2.05, 4.69) is 25.8 Å². The molecule has 0 bridgehead atoms. The Morgan fingerprint density at radius 2 is 1.95 bits per heavy atom. The summed E-state index contributed by atoms with van der Waals surface area (Å²) < 4.78 is 5.55. The van der Waals surface area contributed by atoms with E-state index in [0.29, 0.717) is 0 Å². The van der Waals surface area contributed by atoms with Gasteiger partial charge in [0.05, 0.1) is 5.92 Å². The average molecular weight is 282 g/mol. The van der Waals surface area contributed by atoms with E-state index in [0.717, 1.165) is 5.56 Å². The van der Waals surface area contributed by atoms with Crippen LogP contribution in [0.1, 0.15) is 39.4 Å². The molecule has 0 radical (unpaired) electrons. The summed E-state index contributed by atoms with van der Waals surface area (Å²) in [6.45, 7) is 8.28. The number of carbonyl (C=O) groups is 1. The highest BCUT2D eigenvalue weighted by Gasteiger charge is 2.61. The summed E-state index contributed by atoms with van der Waals surface area (Å²) in [4.78, 5) is 12.4. The van der Waals surface area contributed by atoms with E-state index < -0.39 is 6.10 Å². The molecule has 1 aromatic carbocycles. The second-order valence-corrected chi connectivity index (χ2v) is 6.46. The highest BCUT2D eigenvalue weighted by atomic mass is 16.5. The molecule has 0 saturated heterocycles. The van der Waals surface area contributed by atoms with Crippen molar-refractivity contribution in [2.24, 2.45) is 17.3 Å². The van der Waals surface area contributed by atoms with Crippen LogP contribution in [0.2, 0.25) is 0 Å². The van der Waals surface area contributed by atoms with Gasteiger partial charge in [0.2, 0.25) is 0 Å². The summed E-state index contributed by atoms with van der Waals surface area (Å²) in [6, 6.07) is 9.45. The maximum Gasteiger partial charge on any atom is 0.311 e. The van der Waals surface area contributed by atoms with E-state index in [1.165, 1.54) is 5.57 Å². The normalized spacial score (nSPS) is 23.6. The van der Waals surface area contributed by atoms with Crippen molar-refractivity contribution in [3.8, 4) is 12.3 Å². The van der Waals surface area contributed by atoms with E-state index in [-0.39, 0.29) is 23.2 Å². The van der Waals surface area contributed by atoms with Crippen molar-refractivity contribution >= 4 is 5.97 Å². The molecule has 1 saturated carbocycles. The predicted octanol–water partition coefficient (Wildman–Crippen LogP) is 4.14. The summed E-state index contributed by atoms with van der Waals surface area (Å²) in [5.41, 5.74) is 2.01. The molecule has 2 rings (SSSR count). The van der Waals surface area contributed by atoms with Crippen LogP contribution in [0.25, 0.3) is 0 Å². The maximum atomic E-state index is 12.4. The van der Waals surface area contributed by atoms with Gasteiger partial charge in [-0.3, -0.25) is 4.79 Å². The minimum Gasteiger partial charge on any atom is -0.444 e. The Kier molecular flexibility index (Phi) is 4.23. The summed E-state index contributed by atoms with van der Waals surface area (Å²) in [5, 5.41) is 0. The van der Waals surface area contributed by atoms with Gasteiger partial charge >= 0.3 is 5.97 Å². The van der Waals surface area contributed by atoms with Crippen molar-refractivity contribution in [2.75, 3.05) is 0 Å². The van der Waals surface area contributed by atoms with Crippen LogP contribution < -0.4 is 0 Å². The third-order valence-corrected chi connectivity index (χ3v) is 4.17. The molecule has 0 aliphatic heterocycles. The van der Waals surface area contributed by atoms with Crippen LogP contribution in [0.4, 0.5) is 0 Å². The lowest BCUT2D eigenvalue weighted by Gasteiger charge is -2.13. The molecule has 0 amide bonds. The minimum atomic E-state index is -0.609. The van der Waals surface area contributed by atoms with Gasteiger partial charge in [0.15, 0.2) is 6.10 Å². The van der Waals surface area contributed by atoms with Gasteiger partial charge in [-0.15, -0.1) is 6.42 Å². The van der Waals surface area contributed by atoms with Crippen molar-refractivity contribution in [3.63, 3.8) is 0 Å². The lowest BCUT2D eigenvalue weighted by molar-refractivity contribution is -0.149. The third-order valence-electron chi connectivity index (χ3n) is 4.17. The molecule has 3 atom stereocenters. The molecular formula is C19H22O2. The number of benzene rings is 1. The fourth-order valence-corrected chi connectivity index (χ4v) is 2.81. The lowest BCUT2D eigenvalue weighted by Crippen LogP contribution is -2.14. The second-order valence-electron chi connectivity index (χ2n) is 6.46. The molecule has 2 nitrogen and oxygen atoms in total. The number of hydrogen-bond donors (Lipinski definition) is 0. The molecule has 3 unspecified atom stereocenters. The van der Waals surface area contributed by atoms with Gasteiger partial charge < -0.3 is 4.74 Å². The number of allylic oxidation sites excluding steroid dienone is 2. The summed E-state index contributed by atoms with van der Waals surface area (Å²) in [7, 11) is 0. The van der Waals surface area contributed by atoms with E-state index in [1.54, 1.807) is 0 Å². The maximum absolute atomic E-state index is 12.4. The zero-order valence-corrected chi connectivity index (χ0v) is 13.1. The molecule has 0 aromatic heterocycles. The van der Waals surface area contributed by atoms with Crippen LogP contribution in [-0.2, 0) is 9.53 Å². The molecule has 0 spiro atoms. The van der Waals surface area contributed by atoms with Crippen LogP contribution in [0.15, 0.2) is 42.0 Å². The number of hydrogen-bond acceptors (Lipinski definition) is 2. The third kappa shape index (κ3) is 3.19. The number of carbonyl (C=O) groups excluding carboxylic acids is 1. The topological polar surface area (TPSA) is 26.3 Å². The highest BCUT2D eigenvalue weighted by Crippen LogP contribution is 2.60. The van der Waals surface area contributed by atoms with E-state index in [1.807, 2.05) is 44.2 Å². The Balaban J connectivity index is 2.09. The molecule has 1 aromatic rings. The highest BCUT2D eigenvalue weighted by molar-refractivity contribution is 5.78. The Labute approximate surface area is 127 Å². The average Bonchev–Trinajstić information content (AvgIpc) is 2.97. The molecule has 21 heavy (non-hydrogen) atoms. The fourth-order valence-electron chi connectivity index (χ4n) is 2.81. The van der Waals surface area contributed by atoms with Crippen molar-refractivity contribution in [2.45, 2.75) is 33.8 Å². The SMILES string of the molecule is C#CC(OC(=O)C1C(C=C(C)C)C1(C)C)c1ccccc1. The molecule has 0 heterocycles. The van der Waals surface area contributed by atoms with Crippen molar-refractivity contribution in [1.82, 2.24) is 0 Å². The quantitative estimate of drug-likeness (QED) is 0.471. The number of terminal acetylenes is 1. The van der Waals surface area contributed by atoms with Crippen LogP contribution in [0.5, 0.6) is 0 Å². The Morgan fingerprint density at radius 3 is 2.48 bits per heavy atom. The van der Waals surface area contributed by atoms with E-state index >= 15 is 0 Å². The Bertz CT molecular complexity index is 586. The second kappa shape index (κ2) is 5.77. The van der Waals surface area contributed by atoms with Crippen LogP contribution >= 0.6 is 0 Å². The Morgan fingerprint density at radius 1 is 1.33 bits per heavy atom. The summed E-state index contributed by atoms with van der Waals surface area (Å²) in [5.74, 6) is 2.49. The van der Waals surface area contributed by atoms with Gasteiger partial charge in [0.1, 0.15) is 0 Å². The monoisotopic (exact) mass is 282 g/mol. The molecule has 2 heteroatoms. The van der Waals surface area contributed by atoms with Crippen molar-refractivity contribution < 1.29 is 9.53 Å². The molecular weight excluding hydrogens is 260 g/mol. The first-order valence-corrected chi connectivity index (χ1v) is 7.24. The van der Waals surface area contributed by atoms with Gasteiger partial charge in [-0.25, -0.2) is 0 Å². The largest absolute Gasteiger partial charge is 0.444 e. The molecule has 1 fully saturated rings. The van der Waals surface area contributed by atoms with Gasteiger partial charge in [-0.2, -0.15) is 0 Å². The van der Waals surface area contributed by atoms with Gasteiger partial charge in [0, 0.05) is 5.56 Å². The van der Waals surface area contributed by atoms with E-state index in [4.69, 9.17) is 11.2 Å². The van der Waals surface area contributed by atoms with Crippen LogP contribution in [0, 0.1) is 29.6 Å². The van der Waals surface area contributed by atoms with Gasteiger partial charge in [-0.05, 0) is 25.2 Å². The number of ether oxygens (including phenoxy) is 1. The lowest BCUT2D eigenvalue weighted by atomic mass is 10.1. The molecule has 1 aliphatic rings. The van der Waals surface area contributed by atoms with E-state index in [9.17, 15) is 4.79 Å². The van der Waals surface area contributed by atoms with Crippen LogP contribution in [-0.4, -0.2) is 5.97 Å². The zero-order chi connectivity index (χ0) is 15.6. The van der Waals surface area contributed by atoms with Gasteiger partial charge in [0.25, 0.3) is 0 Å². The zero-order valence-electron chi connectivity index (χ0n) is 13.1. The molecule has 0 N–H and O–H groups in total. The summed E-state index contributed by atoms with van der Waals surface area (Å²) >= 11 is 0. The predicted molar refractivity (Wildman–Crippen MR) is 84.3 cm³/mol. The summed E-state index contributed by atoms with van der Waals surface area (Å²) in [6.07, 6.45) is 7.06. The number of esters is 1. The Hall–Kier alpha value is -2.01. The first-order chi connectivity index (χ1) is 9.87. The van der Waals surface area contributed by atoms with Crippen molar-refractivity contribution in [1.29, 1.82) is 0 Å². The first kappa shape index (κ1) is 15.4. The van der Waals surface area contributed by atoms with Gasteiger partial charge in [-0.1, -0.05) is 61.7 Å². The standard InChI is InChI=1S/C19H22O2/c1-6-16(14-10-8-7-9-11-14)21-18(20)17-15(12-13(2)3)19(17,4)5/h1,7-12,15-17H,2-5H3. The number of rotatable bonds is 4. The fraction of sp³-hybridized carbons (Fsp3) is 0.421. The smallest absolute Gasteiger partial charge is 0.311 e. The first-order valence-electron chi connectivity index (χ1n) is 7.24.